The molecule has 1 aromatic carbocycles. The number of halogens is 1. The summed E-state index contributed by atoms with van der Waals surface area (Å²) in [5.41, 5.74) is 0.715. The zero-order valence-electron chi connectivity index (χ0n) is 10.1. The fourth-order valence-corrected chi connectivity index (χ4v) is 2.47. The van der Waals surface area contributed by atoms with Gasteiger partial charge in [-0.05, 0) is 31.9 Å². The lowest BCUT2D eigenvalue weighted by Gasteiger charge is -2.29. The third-order valence-electron chi connectivity index (χ3n) is 3.07. The molecular weight excluding hydrogens is 254 g/mol. The average Bonchev–Trinajstić information content (AvgIpc) is 2.28. The summed E-state index contributed by atoms with van der Waals surface area (Å²) in [5, 5.41) is 12.7. The summed E-state index contributed by atoms with van der Waals surface area (Å²) in [4.78, 5) is 11.2. The number of nitrogens with one attached hydrogen (secondary N) is 1. The largest absolute Gasteiger partial charge is 0.478 e. The van der Waals surface area contributed by atoms with E-state index in [0.717, 1.165) is 12.8 Å². The molecule has 0 saturated carbocycles. The maximum absolute atomic E-state index is 11.2. The minimum atomic E-state index is -1.01. The Labute approximate surface area is 111 Å². The molecule has 0 bridgehead atoms. The maximum atomic E-state index is 11.2. The number of benzene rings is 1. The Hall–Kier alpha value is -1.26. The molecule has 1 aromatic rings. The molecule has 1 saturated heterocycles. The molecule has 0 radical (unpaired) electrons. The molecule has 0 aromatic heterocycles. The summed E-state index contributed by atoms with van der Waals surface area (Å²) in [6, 6.07) is 5.31. The Morgan fingerprint density at radius 1 is 1.56 bits per heavy atom. The van der Waals surface area contributed by atoms with Gasteiger partial charge in [0, 0.05) is 12.6 Å². The van der Waals surface area contributed by atoms with E-state index in [2.05, 4.69) is 5.32 Å². The Balaban J connectivity index is 2.18. The van der Waals surface area contributed by atoms with Crippen LogP contribution in [-0.4, -0.2) is 29.8 Å². The first-order chi connectivity index (χ1) is 8.58. The SMILES string of the molecule is CC1CC(Nc2cccc(Cl)c2C(=O)O)CCO1. The molecule has 5 heteroatoms. The number of carbonyl (C=O) groups is 1. The standard InChI is InChI=1S/C13H16ClNO3/c1-8-7-9(5-6-18-8)15-11-4-2-3-10(14)12(11)13(16)17/h2-4,8-9,15H,5-7H2,1H3,(H,16,17). The van der Waals surface area contributed by atoms with E-state index in [1.54, 1.807) is 18.2 Å². The number of anilines is 1. The van der Waals surface area contributed by atoms with E-state index in [1.165, 1.54) is 0 Å². The van der Waals surface area contributed by atoms with Crippen LogP contribution in [0.1, 0.15) is 30.1 Å². The molecule has 2 atom stereocenters. The highest BCUT2D eigenvalue weighted by Gasteiger charge is 2.22. The van der Waals surface area contributed by atoms with Crippen molar-refractivity contribution in [1.29, 1.82) is 0 Å². The number of aromatic carboxylic acids is 1. The molecule has 0 spiro atoms. The summed E-state index contributed by atoms with van der Waals surface area (Å²) < 4.78 is 5.46. The molecule has 2 unspecified atom stereocenters. The van der Waals surface area contributed by atoms with Gasteiger partial charge in [0.2, 0.25) is 0 Å². The van der Waals surface area contributed by atoms with Gasteiger partial charge in [-0.3, -0.25) is 0 Å². The van der Waals surface area contributed by atoms with E-state index in [1.807, 2.05) is 6.92 Å². The zero-order valence-corrected chi connectivity index (χ0v) is 10.9. The van der Waals surface area contributed by atoms with Gasteiger partial charge in [-0.1, -0.05) is 17.7 Å². The fraction of sp³-hybridized carbons (Fsp3) is 0.462. The van der Waals surface area contributed by atoms with Crippen LogP contribution in [0.2, 0.25) is 5.02 Å². The molecule has 1 aliphatic rings. The predicted molar refractivity (Wildman–Crippen MR) is 70.5 cm³/mol. The molecular formula is C13H16ClNO3. The molecule has 4 nitrogen and oxygen atoms in total. The van der Waals surface area contributed by atoms with Crippen LogP contribution in [-0.2, 0) is 4.74 Å². The van der Waals surface area contributed by atoms with Gasteiger partial charge in [-0.15, -0.1) is 0 Å². The Morgan fingerprint density at radius 3 is 3.00 bits per heavy atom. The Bertz CT molecular complexity index is 450. The van der Waals surface area contributed by atoms with E-state index < -0.39 is 5.97 Å². The number of ether oxygens (including phenoxy) is 1. The van der Waals surface area contributed by atoms with Crippen molar-refractivity contribution < 1.29 is 14.6 Å². The van der Waals surface area contributed by atoms with Gasteiger partial charge in [-0.2, -0.15) is 0 Å². The maximum Gasteiger partial charge on any atom is 0.339 e. The van der Waals surface area contributed by atoms with Crippen LogP contribution in [0.3, 0.4) is 0 Å². The lowest BCUT2D eigenvalue weighted by atomic mass is 10.0. The quantitative estimate of drug-likeness (QED) is 0.886. The van der Waals surface area contributed by atoms with Gasteiger partial charge >= 0.3 is 5.97 Å². The lowest BCUT2D eigenvalue weighted by Crippen LogP contribution is -2.33. The van der Waals surface area contributed by atoms with Crippen molar-refractivity contribution in [3.63, 3.8) is 0 Å². The van der Waals surface area contributed by atoms with E-state index in [-0.39, 0.29) is 22.7 Å². The fourth-order valence-electron chi connectivity index (χ4n) is 2.21. The van der Waals surface area contributed by atoms with Gasteiger partial charge < -0.3 is 15.2 Å². The van der Waals surface area contributed by atoms with Crippen molar-refractivity contribution in [3.8, 4) is 0 Å². The normalized spacial score (nSPS) is 23.7. The molecule has 2 N–H and O–H groups in total. The van der Waals surface area contributed by atoms with Crippen LogP contribution in [0.15, 0.2) is 18.2 Å². The minimum absolute atomic E-state index is 0.137. The third-order valence-corrected chi connectivity index (χ3v) is 3.39. The summed E-state index contributed by atoms with van der Waals surface area (Å²) in [7, 11) is 0. The van der Waals surface area contributed by atoms with E-state index in [4.69, 9.17) is 16.3 Å². The third kappa shape index (κ3) is 2.94. The highest BCUT2D eigenvalue weighted by atomic mass is 35.5. The molecule has 1 heterocycles. The number of rotatable bonds is 3. The first-order valence-corrected chi connectivity index (χ1v) is 6.35. The summed E-state index contributed by atoms with van der Waals surface area (Å²) in [6.45, 7) is 2.71. The summed E-state index contributed by atoms with van der Waals surface area (Å²) in [6.07, 6.45) is 1.94. The molecule has 1 aliphatic heterocycles. The van der Waals surface area contributed by atoms with Crippen LogP contribution in [0.5, 0.6) is 0 Å². The second-order valence-corrected chi connectivity index (χ2v) is 4.92. The highest BCUT2D eigenvalue weighted by molar-refractivity contribution is 6.34. The number of hydrogen-bond donors (Lipinski definition) is 2. The number of carboxylic acids is 1. The van der Waals surface area contributed by atoms with Crippen LogP contribution in [0, 0.1) is 0 Å². The summed E-state index contributed by atoms with van der Waals surface area (Å²) in [5.74, 6) is -1.01. The first kappa shape index (κ1) is 13.2. The summed E-state index contributed by atoms with van der Waals surface area (Å²) >= 11 is 5.93. The Kier molecular flexibility index (Phi) is 4.09. The lowest BCUT2D eigenvalue weighted by molar-refractivity contribution is 0.0232. The van der Waals surface area contributed by atoms with Crippen LogP contribution >= 0.6 is 11.6 Å². The second-order valence-electron chi connectivity index (χ2n) is 4.51. The van der Waals surface area contributed by atoms with Gasteiger partial charge in [0.15, 0.2) is 0 Å². The Morgan fingerprint density at radius 2 is 2.33 bits per heavy atom. The number of carboxylic acid groups (broad SMARTS) is 1. The first-order valence-electron chi connectivity index (χ1n) is 5.98. The smallest absolute Gasteiger partial charge is 0.339 e. The van der Waals surface area contributed by atoms with Gasteiger partial charge in [0.1, 0.15) is 5.56 Å². The number of hydrogen-bond acceptors (Lipinski definition) is 3. The van der Waals surface area contributed by atoms with Crippen molar-refractivity contribution in [2.24, 2.45) is 0 Å². The molecule has 2 rings (SSSR count). The van der Waals surface area contributed by atoms with Crippen LogP contribution in [0.25, 0.3) is 0 Å². The van der Waals surface area contributed by atoms with Crippen molar-refractivity contribution in [2.75, 3.05) is 11.9 Å². The van der Waals surface area contributed by atoms with E-state index >= 15 is 0 Å². The molecule has 0 amide bonds. The minimum Gasteiger partial charge on any atom is -0.478 e. The molecule has 18 heavy (non-hydrogen) atoms. The van der Waals surface area contributed by atoms with Gasteiger partial charge in [0.05, 0.1) is 16.8 Å². The van der Waals surface area contributed by atoms with Crippen LogP contribution in [0.4, 0.5) is 5.69 Å². The van der Waals surface area contributed by atoms with Crippen molar-refractivity contribution in [3.05, 3.63) is 28.8 Å². The zero-order chi connectivity index (χ0) is 13.1. The average molecular weight is 270 g/mol. The molecule has 1 fully saturated rings. The van der Waals surface area contributed by atoms with Gasteiger partial charge in [-0.25, -0.2) is 4.79 Å². The topological polar surface area (TPSA) is 58.6 Å². The molecule has 0 aliphatic carbocycles. The molecule has 98 valence electrons. The predicted octanol–water partition coefficient (Wildman–Crippen LogP) is 3.02. The van der Waals surface area contributed by atoms with Crippen molar-refractivity contribution in [2.45, 2.75) is 31.9 Å². The van der Waals surface area contributed by atoms with Crippen molar-refractivity contribution in [1.82, 2.24) is 0 Å². The second kappa shape index (κ2) is 5.59. The van der Waals surface area contributed by atoms with Crippen LogP contribution < -0.4 is 5.32 Å². The van der Waals surface area contributed by atoms with E-state index in [9.17, 15) is 9.90 Å². The van der Waals surface area contributed by atoms with E-state index in [0.29, 0.717) is 12.3 Å². The van der Waals surface area contributed by atoms with Crippen molar-refractivity contribution >= 4 is 23.3 Å². The highest BCUT2D eigenvalue weighted by Crippen LogP contribution is 2.27. The monoisotopic (exact) mass is 269 g/mol. The van der Waals surface area contributed by atoms with Gasteiger partial charge in [0.25, 0.3) is 0 Å².